The lowest BCUT2D eigenvalue weighted by atomic mass is 10.2. The molecule has 1 N–H and O–H groups in total. The summed E-state index contributed by atoms with van der Waals surface area (Å²) in [7, 11) is 0. The summed E-state index contributed by atoms with van der Waals surface area (Å²) in [6, 6.07) is 21.4. The summed E-state index contributed by atoms with van der Waals surface area (Å²) < 4.78 is 0. The third kappa shape index (κ3) is 4.10. The SMILES string of the molecule is O=C(Nc1ccccc1Cl)c1cc(N2CCN(c3ccccc3)CC2)ccn1. The van der Waals surface area contributed by atoms with Crippen molar-refractivity contribution in [3.63, 3.8) is 0 Å². The van der Waals surface area contributed by atoms with Crippen LogP contribution in [0.5, 0.6) is 0 Å². The van der Waals surface area contributed by atoms with Crippen molar-refractivity contribution in [2.45, 2.75) is 0 Å². The Bertz CT molecular complexity index is 956. The Labute approximate surface area is 169 Å². The average molecular weight is 393 g/mol. The largest absolute Gasteiger partial charge is 0.368 e. The highest BCUT2D eigenvalue weighted by Crippen LogP contribution is 2.23. The number of aromatic nitrogens is 1. The molecule has 142 valence electrons. The number of hydrogen-bond donors (Lipinski definition) is 1. The first kappa shape index (κ1) is 18.3. The van der Waals surface area contributed by atoms with Crippen molar-refractivity contribution in [1.82, 2.24) is 4.98 Å². The van der Waals surface area contributed by atoms with Gasteiger partial charge in [-0.2, -0.15) is 0 Å². The molecule has 1 amide bonds. The molecule has 0 unspecified atom stereocenters. The van der Waals surface area contributed by atoms with E-state index in [9.17, 15) is 4.79 Å². The highest BCUT2D eigenvalue weighted by atomic mass is 35.5. The number of amides is 1. The quantitative estimate of drug-likeness (QED) is 0.718. The van der Waals surface area contributed by atoms with Crippen molar-refractivity contribution in [2.75, 3.05) is 41.3 Å². The number of nitrogens with zero attached hydrogens (tertiary/aromatic N) is 3. The number of pyridine rings is 1. The van der Waals surface area contributed by atoms with Gasteiger partial charge in [-0.15, -0.1) is 0 Å². The standard InChI is InChI=1S/C22H21ClN4O/c23-19-8-4-5-9-20(19)25-22(28)21-16-18(10-11-24-21)27-14-12-26(13-15-27)17-6-2-1-3-7-17/h1-11,16H,12-15H2,(H,25,28). The van der Waals surface area contributed by atoms with Crippen molar-refractivity contribution < 1.29 is 4.79 Å². The monoisotopic (exact) mass is 392 g/mol. The molecule has 3 aromatic rings. The van der Waals surface area contributed by atoms with Gasteiger partial charge in [0.2, 0.25) is 0 Å². The fourth-order valence-electron chi connectivity index (χ4n) is 3.35. The van der Waals surface area contributed by atoms with Crippen LogP contribution >= 0.6 is 11.6 Å². The van der Waals surface area contributed by atoms with E-state index in [4.69, 9.17) is 11.6 Å². The topological polar surface area (TPSA) is 48.5 Å². The number of halogens is 1. The molecule has 1 aliphatic rings. The van der Waals surface area contributed by atoms with Crippen LogP contribution in [0, 0.1) is 0 Å². The zero-order valence-electron chi connectivity index (χ0n) is 15.4. The van der Waals surface area contributed by atoms with Gasteiger partial charge in [-0.05, 0) is 36.4 Å². The second-order valence-electron chi connectivity index (χ2n) is 6.64. The minimum atomic E-state index is -0.266. The van der Waals surface area contributed by atoms with Gasteiger partial charge in [0.1, 0.15) is 5.69 Å². The Hall–Kier alpha value is -3.05. The Balaban J connectivity index is 1.43. The summed E-state index contributed by atoms with van der Waals surface area (Å²) in [6.45, 7) is 3.66. The van der Waals surface area contributed by atoms with Crippen LogP contribution in [0.4, 0.5) is 17.1 Å². The maximum Gasteiger partial charge on any atom is 0.274 e. The molecule has 0 radical (unpaired) electrons. The van der Waals surface area contributed by atoms with E-state index in [1.54, 1.807) is 18.3 Å². The van der Waals surface area contributed by atoms with E-state index >= 15 is 0 Å². The fraction of sp³-hybridized carbons (Fsp3) is 0.182. The first-order valence-corrected chi connectivity index (χ1v) is 9.65. The highest BCUT2D eigenvalue weighted by Gasteiger charge is 2.19. The maximum absolute atomic E-state index is 12.6. The number of benzene rings is 2. The van der Waals surface area contributed by atoms with Crippen LogP contribution in [0.2, 0.25) is 5.02 Å². The number of rotatable bonds is 4. The van der Waals surface area contributed by atoms with E-state index in [2.05, 4.69) is 44.4 Å². The van der Waals surface area contributed by atoms with Crippen LogP contribution in [0.3, 0.4) is 0 Å². The van der Waals surface area contributed by atoms with Crippen molar-refractivity contribution in [2.24, 2.45) is 0 Å². The molecule has 0 saturated carbocycles. The molecule has 6 heteroatoms. The van der Waals surface area contributed by atoms with Gasteiger partial charge in [-0.25, -0.2) is 0 Å². The van der Waals surface area contributed by atoms with E-state index in [0.717, 1.165) is 31.9 Å². The number of hydrogen-bond acceptors (Lipinski definition) is 4. The molecule has 1 fully saturated rings. The third-order valence-electron chi connectivity index (χ3n) is 4.86. The smallest absolute Gasteiger partial charge is 0.274 e. The first-order valence-electron chi connectivity index (χ1n) is 9.27. The second kappa shape index (κ2) is 8.31. The number of carbonyl (C=O) groups is 1. The summed E-state index contributed by atoms with van der Waals surface area (Å²) in [6.07, 6.45) is 1.68. The van der Waals surface area contributed by atoms with E-state index in [0.29, 0.717) is 16.4 Å². The Morgan fingerprint density at radius 1 is 0.857 bits per heavy atom. The van der Waals surface area contributed by atoms with Crippen LogP contribution in [-0.4, -0.2) is 37.1 Å². The number of anilines is 3. The van der Waals surface area contributed by atoms with E-state index < -0.39 is 0 Å². The van der Waals surface area contributed by atoms with Crippen molar-refractivity contribution in [3.05, 3.63) is 83.6 Å². The molecule has 0 bridgehead atoms. The number of carbonyl (C=O) groups excluding carboxylic acids is 1. The van der Waals surface area contributed by atoms with Gasteiger partial charge in [0.15, 0.2) is 0 Å². The predicted molar refractivity (Wildman–Crippen MR) is 115 cm³/mol. The Morgan fingerprint density at radius 2 is 1.50 bits per heavy atom. The molecule has 0 aliphatic carbocycles. The molecule has 2 heterocycles. The molecule has 0 atom stereocenters. The number of piperazine rings is 1. The lowest BCUT2D eigenvalue weighted by molar-refractivity contribution is 0.102. The van der Waals surface area contributed by atoms with E-state index in [1.807, 2.05) is 30.3 Å². The van der Waals surface area contributed by atoms with Crippen LogP contribution in [0.25, 0.3) is 0 Å². The van der Waals surface area contributed by atoms with Crippen LogP contribution in [0.15, 0.2) is 72.9 Å². The minimum absolute atomic E-state index is 0.266. The summed E-state index contributed by atoms with van der Waals surface area (Å²) in [4.78, 5) is 21.5. The zero-order valence-corrected chi connectivity index (χ0v) is 16.1. The third-order valence-corrected chi connectivity index (χ3v) is 5.19. The van der Waals surface area contributed by atoms with Crippen LogP contribution in [-0.2, 0) is 0 Å². The molecule has 1 aliphatic heterocycles. The molecule has 1 saturated heterocycles. The lowest BCUT2D eigenvalue weighted by Crippen LogP contribution is -2.46. The highest BCUT2D eigenvalue weighted by molar-refractivity contribution is 6.33. The molecule has 28 heavy (non-hydrogen) atoms. The van der Waals surface area contributed by atoms with Crippen LogP contribution < -0.4 is 15.1 Å². The summed E-state index contributed by atoms with van der Waals surface area (Å²) in [5.74, 6) is -0.266. The molecule has 0 spiro atoms. The molecule has 4 rings (SSSR count). The van der Waals surface area contributed by atoms with Gasteiger partial charge >= 0.3 is 0 Å². The predicted octanol–water partition coefficient (Wildman–Crippen LogP) is 4.31. The second-order valence-corrected chi connectivity index (χ2v) is 7.05. The number of nitrogens with one attached hydrogen (secondary N) is 1. The van der Waals surface area contributed by atoms with Gasteiger partial charge in [-0.3, -0.25) is 9.78 Å². The lowest BCUT2D eigenvalue weighted by Gasteiger charge is -2.37. The fourth-order valence-corrected chi connectivity index (χ4v) is 3.53. The van der Waals surface area contributed by atoms with Crippen molar-refractivity contribution in [1.29, 1.82) is 0 Å². The molecular formula is C22H21ClN4O. The van der Waals surface area contributed by atoms with Gasteiger partial charge < -0.3 is 15.1 Å². The summed E-state index contributed by atoms with van der Waals surface area (Å²) in [5.41, 5.74) is 3.21. The Morgan fingerprint density at radius 3 is 2.21 bits per heavy atom. The van der Waals surface area contributed by atoms with Gasteiger partial charge in [0.25, 0.3) is 5.91 Å². The van der Waals surface area contributed by atoms with Gasteiger partial charge in [0.05, 0.1) is 10.7 Å². The van der Waals surface area contributed by atoms with E-state index in [1.165, 1.54) is 5.69 Å². The van der Waals surface area contributed by atoms with E-state index in [-0.39, 0.29) is 5.91 Å². The van der Waals surface area contributed by atoms with Gasteiger partial charge in [0, 0.05) is 43.8 Å². The molecule has 5 nitrogen and oxygen atoms in total. The zero-order chi connectivity index (χ0) is 19.3. The van der Waals surface area contributed by atoms with Crippen molar-refractivity contribution >= 4 is 34.6 Å². The average Bonchev–Trinajstić information content (AvgIpc) is 2.76. The number of para-hydroxylation sites is 2. The van der Waals surface area contributed by atoms with Gasteiger partial charge in [-0.1, -0.05) is 41.9 Å². The van der Waals surface area contributed by atoms with Crippen molar-refractivity contribution in [3.8, 4) is 0 Å². The normalized spacial score (nSPS) is 14.0. The minimum Gasteiger partial charge on any atom is -0.368 e. The van der Waals surface area contributed by atoms with Crippen LogP contribution in [0.1, 0.15) is 10.5 Å². The first-order chi connectivity index (χ1) is 13.7. The molecule has 1 aromatic heterocycles. The molecular weight excluding hydrogens is 372 g/mol. The summed E-state index contributed by atoms with van der Waals surface area (Å²) >= 11 is 6.12. The molecule has 2 aromatic carbocycles. The maximum atomic E-state index is 12.6. The Kier molecular flexibility index (Phi) is 5.44. The summed E-state index contributed by atoms with van der Waals surface area (Å²) in [5, 5.41) is 3.33.